The van der Waals surface area contributed by atoms with Gasteiger partial charge in [0.2, 0.25) is 0 Å². The van der Waals surface area contributed by atoms with Gasteiger partial charge in [0.15, 0.2) is 0 Å². The Balaban J connectivity index is 0.00000518. The zero-order valence-electron chi connectivity index (χ0n) is 36.6. The first-order valence-electron chi connectivity index (χ1n) is 21.3. The molecule has 3 heterocycles. The minimum atomic E-state index is -0.0693. The van der Waals surface area contributed by atoms with E-state index in [0.717, 1.165) is 61.5 Å². The van der Waals surface area contributed by atoms with Crippen LogP contribution in [0.5, 0.6) is 11.5 Å². The molecule has 2 aromatic heterocycles. The Bertz CT molecular complexity index is 3240. The third kappa shape index (κ3) is 7.98. The number of ether oxygens (including phenoxy) is 1. The molecule has 0 unspecified atom stereocenters. The third-order valence-corrected chi connectivity index (χ3v) is 11.8. The molecule has 6 nitrogen and oxygen atoms in total. The van der Waals surface area contributed by atoms with Gasteiger partial charge in [0, 0.05) is 61.3 Å². The Morgan fingerprint density at radius 2 is 1.28 bits per heavy atom. The molecule has 9 aromatic rings. The molecular weight excluding hydrogens is 966 g/mol. The van der Waals surface area contributed by atoms with Crippen LogP contribution >= 0.6 is 0 Å². The topological polar surface area (TPSA) is 57.3 Å². The number of anilines is 4. The summed E-state index contributed by atoms with van der Waals surface area (Å²) in [7, 11) is 0. The smallest absolute Gasteiger partial charge is 0.135 e. The van der Waals surface area contributed by atoms with Gasteiger partial charge in [0.25, 0.3) is 0 Å². The maximum Gasteiger partial charge on any atom is 0.135 e. The third-order valence-electron chi connectivity index (χ3n) is 11.8. The number of hydrogen-bond acceptors (Lipinski definition) is 5. The van der Waals surface area contributed by atoms with Crippen LogP contribution in [-0.4, -0.2) is 9.55 Å². The van der Waals surface area contributed by atoms with E-state index in [1.165, 1.54) is 22.3 Å². The largest absolute Gasteiger partial charge is 0.509 e. The predicted molar refractivity (Wildman–Crippen MR) is 257 cm³/mol. The number of hydrogen-bond donors (Lipinski definition) is 0. The van der Waals surface area contributed by atoms with Gasteiger partial charge in [-0.05, 0) is 104 Å². The summed E-state index contributed by atoms with van der Waals surface area (Å²) in [5.41, 5.74) is 13.3. The molecule has 10 rings (SSSR count). The molecule has 0 N–H and O–H groups in total. The van der Waals surface area contributed by atoms with Crippen molar-refractivity contribution >= 4 is 44.6 Å². The van der Waals surface area contributed by atoms with E-state index in [2.05, 4.69) is 196 Å². The molecule has 0 saturated carbocycles. The molecule has 0 saturated heterocycles. The van der Waals surface area contributed by atoms with Crippen molar-refractivity contribution in [1.82, 2.24) is 9.55 Å². The average Bonchev–Trinajstić information content (AvgIpc) is 3.84. The van der Waals surface area contributed by atoms with Crippen LogP contribution in [0.4, 0.5) is 22.7 Å². The summed E-state index contributed by atoms with van der Waals surface area (Å²) >= 11 is 0. The zero-order chi connectivity index (χ0) is 43.5. The number of nitrogens with zero attached hydrogens (tertiary/aromatic N) is 5. The predicted octanol–water partition coefficient (Wildman–Crippen LogP) is 14.8. The first-order valence-corrected chi connectivity index (χ1v) is 21.3. The standard InChI is InChI=1S/C57H46N5O.Pt/c1-56(2,3)43-26-27-59-55(33-43)62-51-25-22-41(40-17-12-14-38(28-40)36-58)31-50(51)49-24-23-48(35-54(49)62)63-47-19-13-18-45(34-47)60-37-61(53-21-11-10-20-52(53)60)46-30-42(39-15-8-7-9-16-39)29-44(32-46)57(4,5)6;/h7-33,37H,1-6H3;/q-3;. The first kappa shape index (κ1) is 42.4. The van der Waals surface area contributed by atoms with Crippen molar-refractivity contribution in [3.8, 4) is 45.6 Å². The molecule has 0 radical (unpaired) electrons. The van der Waals surface area contributed by atoms with Crippen LogP contribution in [0.3, 0.4) is 0 Å². The SMILES string of the molecule is CC(C)(C)c1cc(-c2ccccc2)cc(N2[CH-]N(c3[c-]c(Oc4[c-]c5c(cc4)c4cc(-c6cccc(C#N)c6)ccc4n5-c4cc(C(C)(C)C)ccn4)ccc3)c3ccccc32)c1.[Pt]. The molecule has 0 aliphatic carbocycles. The van der Waals surface area contributed by atoms with Crippen molar-refractivity contribution in [1.29, 1.82) is 5.26 Å². The van der Waals surface area contributed by atoms with Gasteiger partial charge in [0.1, 0.15) is 5.82 Å². The van der Waals surface area contributed by atoms with Gasteiger partial charge in [-0.2, -0.15) is 17.4 Å². The Hall–Kier alpha value is -6.93. The van der Waals surface area contributed by atoms with Gasteiger partial charge >= 0.3 is 0 Å². The molecule has 1 aliphatic rings. The van der Waals surface area contributed by atoms with Crippen LogP contribution in [0.15, 0.2) is 164 Å². The maximum atomic E-state index is 9.61. The van der Waals surface area contributed by atoms with Gasteiger partial charge < -0.3 is 19.1 Å². The number of para-hydroxylation sites is 2. The van der Waals surface area contributed by atoms with Crippen molar-refractivity contribution in [2.75, 3.05) is 9.80 Å². The van der Waals surface area contributed by atoms with E-state index in [9.17, 15) is 5.26 Å². The van der Waals surface area contributed by atoms with Crippen LogP contribution in [0.2, 0.25) is 0 Å². The van der Waals surface area contributed by atoms with Gasteiger partial charge in [-0.25, -0.2) is 4.98 Å². The summed E-state index contributed by atoms with van der Waals surface area (Å²) < 4.78 is 8.83. The Kier molecular flexibility index (Phi) is 11.0. The number of nitriles is 1. The van der Waals surface area contributed by atoms with Crippen LogP contribution in [-0.2, 0) is 31.9 Å². The van der Waals surface area contributed by atoms with E-state index in [0.29, 0.717) is 17.1 Å². The summed E-state index contributed by atoms with van der Waals surface area (Å²) in [6.07, 6.45) is 1.88. The summed E-state index contributed by atoms with van der Waals surface area (Å²) in [6.45, 7) is 15.6. The normalized spacial score (nSPS) is 12.6. The molecule has 0 bridgehead atoms. The number of pyridine rings is 1. The van der Waals surface area contributed by atoms with E-state index in [4.69, 9.17) is 9.72 Å². The van der Waals surface area contributed by atoms with Crippen molar-refractivity contribution in [3.05, 3.63) is 199 Å². The summed E-state index contributed by atoms with van der Waals surface area (Å²) in [4.78, 5) is 9.35. The van der Waals surface area contributed by atoms with Gasteiger partial charge in [0.05, 0.1) is 11.6 Å². The molecule has 318 valence electrons. The fourth-order valence-electron chi connectivity index (χ4n) is 8.42. The quantitative estimate of drug-likeness (QED) is 0.149. The molecule has 0 atom stereocenters. The van der Waals surface area contributed by atoms with E-state index in [1.54, 1.807) is 0 Å². The second-order valence-corrected chi connectivity index (χ2v) is 18.2. The van der Waals surface area contributed by atoms with Crippen molar-refractivity contribution in [2.24, 2.45) is 0 Å². The van der Waals surface area contributed by atoms with E-state index in [1.807, 2.05) is 48.7 Å². The van der Waals surface area contributed by atoms with Crippen LogP contribution < -0.4 is 14.5 Å². The van der Waals surface area contributed by atoms with Crippen LogP contribution in [0.25, 0.3) is 49.9 Å². The number of benzene rings is 7. The van der Waals surface area contributed by atoms with E-state index < -0.39 is 0 Å². The van der Waals surface area contributed by atoms with Gasteiger partial charge in [-0.15, -0.1) is 48.1 Å². The molecule has 0 amide bonds. The fourth-order valence-corrected chi connectivity index (χ4v) is 8.42. The molecule has 7 aromatic carbocycles. The number of aromatic nitrogens is 2. The minimum absolute atomic E-state index is 0. The van der Waals surface area contributed by atoms with Crippen molar-refractivity contribution < 1.29 is 25.8 Å². The van der Waals surface area contributed by atoms with Crippen LogP contribution in [0.1, 0.15) is 58.2 Å². The average molecular weight is 1010 g/mol. The monoisotopic (exact) mass is 1010 g/mol. The molecule has 0 spiro atoms. The molecular formula is C57H46N5OPt-3. The van der Waals surface area contributed by atoms with Gasteiger partial charge in [-0.1, -0.05) is 120 Å². The second kappa shape index (κ2) is 16.6. The maximum absolute atomic E-state index is 9.61. The van der Waals surface area contributed by atoms with E-state index in [-0.39, 0.29) is 31.9 Å². The molecule has 1 aliphatic heterocycles. The van der Waals surface area contributed by atoms with Crippen molar-refractivity contribution in [2.45, 2.75) is 52.4 Å². The summed E-state index contributed by atoms with van der Waals surface area (Å²) in [5, 5.41) is 11.7. The van der Waals surface area contributed by atoms with Crippen molar-refractivity contribution in [3.63, 3.8) is 0 Å². The summed E-state index contributed by atoms with van der Waals surface area (Å²) in [6, 6.07) is 64.0. The first-order chi connectivity index (χ1) is 30.4. The van der Waals surface area contributed by atoms with Gasteiger partial charge in [-0.3, -0.25) is 0 Å². The Labute approximate surface area is 390 Å². The van der Waals surface area contributed by atoms with E-state index >= 15 is 0 Å². The molecule has 64 heavy (non-hydrogen) atoms. The fraction of sp³-hybridized carbons (Fsp3) is 0.140. The number of rotatable bonds is 7. The Morgan fingerprint density at radius 3 is 2.05 bits per heavy atom. The Morgan fingerprint density at radius 1 is 0.578 bits per heavy atom. The minimum Gasteiger partial charge on any atom is -0.509 e. The summed E-state index contributed by atoms with van der Waals surface area (Å²) in [5.74, 6) is 1.94. The van der Waals surface area contributed by atoms with Crippen LogP contribution in [0, 0.1) is 30.1 Å². The molecule has 7 heteroatoms. The zero-order valence-corrected chi connectivity index (χ0v) is 38.9. The molecule has 0 fully saturated rings. The number of fused-ring (bicyclic) bond motifs is 4. The second-order valence-electron chi connectivity index (χ2n) is 18.2.